The minimum Gasteiger partial charge on any atom is -0.454 e. The van der Waals surface area contributed by atoms with Gasteiger partial charge < -0.3 is 10.5 Å². The first-order chi connectivity index (χ1) is 17.3. The minimum absolute atomic E-state index is 0.0274. The fourth-order valence-corrected chi connectivity index (χ4v) is 5.41. The van der Waals surface area contributed by atoms with Gasteiger partial charge in [0, 0.05) is 11.6 Å². The van der Waals surface area contributed by atoms with Crippen LogP contribution in [-0.2, 0) is 21.4 Å². The molecule has 0 spiro atoms. The van der Waals surface area contributed by atoms with Crippen molar-refractivity contribution in [3.8, 4) is 11.5 Å². The maximum Gasteiger partial charge on any atom is 0.244 e. The van der Waals surface area contributed by atoms with E-state index < -0.39 is 27.8 Å². The lowest BCUT2D eigenvalue weighted by molar-refractivity contribution is -0.122. The zero-order chi connectivity index (χ0) is 25.7. The Hall–Kier alpha value is -3.72. The Morgan fingerprint density at radius 2 is 1.58 bits per heavy atom. The monoisotopic (exact) mass is 524 g/mol. The van der Waals surface area contributed by atoms with Crippen LogP contribution in [0.2, 0.25) is 5.02 Å². The Balaban J connectivity index is 1.76. The third-order valence-corrected chi connectivity index (χ3v) is 7.47. The molecule has 0 aromatic heterocycles. The first-order valence-corrected chi connectivity index (χ1v) is 12.7. The lowest BCUT2D eigenvalue weighted by Gasteiger charge is -2.29. The highest BCUT2D eigenvalue weighted by Gasteiger charge is 2.36. The molecule has 0 unspecified atom stereocenters. The molecular formula is C27H22ClFN2O4S. The van der Waals surface area contributed by atoms with Crippen molar-refractivity contribution in [2.45, 2.75) is 17.5 Å². The topological polar surface area (TPSA) is 89.7 Å². The molecule has 1 amide bonds. The van der Waals surface area contributed by atoms with Crippen LogP contribution in [0.5, 0.6) is 11.5 Å². The average Bonchev–Trinajstić information content (AvgIpc) is 2.86. The fraction of sp³-hybridized carbons (Fsp3) is 0.0741. The molecule has 0 aliphatic carbocycles. The van der Waals surface area contributed by atoms with Crippen LogP contribution in [0, 0.1) is 5.82 Å². The first-order valence-electron chi connectivity index (χ1n) is 10.9. The fourth-order valence-electron chi connectivity index (χ4n) is 3.71. The second-order valence-corrected chi connectivity index (χ2v) is 10.2. The molecule has 0 heterocycles. The van der Waals surface area contributed by atoms with Gasteiger partial charge in [0.2, 0.25) is 15.9 Å². The molecule has 0 saturated heterocycles. The highest BCUT2D eigenvalue weighted by molar-refractivity contribution is 7.89. The van der Waals surface area contributed by atoms with Crippen molar-refractivity contribution in [2.24, 2.45) is 5.73 Å². The summed E-state index contributed by atoms with van der Waals surface area (Å²) in [5.74, 6) is -1.04. The van der Waals surface area contributed by atoms with Crippen molar-refractivity contribution in [2.75, 3.05) is 0 Å². The molecule has 0 radical (unpaired) electrons. The maximum atomic E-state index is 14.1. The van der Waals surface area contributed by atoms with Crippen molar-refractivity contribution in [3.63, 3.8) is 0 Å². The highest BCUT2D eigenvalue weighted by Crippen LogP contribution is 2.32. The van der Waals surface area contributed by atoms with Crippen LogP contribution in [-0.4, -0.2) is 18.6 Å². The Morgan fingerprint density at radius 1 is 0.917 bits per heavy atom. The minimum atomic E-state index is -4.21. The Kier molecular flexibility index (Phi) is 7.69. The van der Waals surface area contributed by atoms with Gasteiger partial charge in [0.25, 0.3) is 0 Å². The second-order valence-electron chi connectivity index (χ2n) is 7.90. The van der Waals surface area contributed by atoms with E-state index in [1.165, 1.54) is 36.4 Å². The van der Waals surface area contributed by atoms with E-state index in [0.717, 1.165) is 4.31 Å². The number of carbonyl (C=O) groups is 1. The number of para-hydroxylation sites is 1. The molecule has 4 rings (SSSR count). The zero-order valence-electron chi connectivity index (χ0n) is 18.9. The number of halogens is 2. The summed E-state index contributed by atoms with van der Waals surface area (Å²) in [4.78, 5) is 12.6. The van der Waals surface area contributed by atoms with E-state index in [-0.39, 0.29) is 17.2 Å². The molecule has 0 fully saturated rings. The van der Waals surface area contributed by atoms with Crippen molar-refractivity contribution in [1.29, 1.82) is 0 Å². The number of primary amides is 1. The molecule has 9 heteroatoms. The van der Waals surface area contributed by atoms with Gasteiger partial charge in [-0.1, -0.05) is 66.2 Å². The predicted octanol–water partition coefficient (Wildman–Crippen LogP) is 5.69. The van der Waals surface area contributed by atoms with E-state index >= 15 is 0 Å². The van der Waals surface area contributed by atoms with Gasteiger partial charge in [-0.2, -0.15) is 4.31 Å². The van der Waals surface area contributed by atoms with Gasteiger partial charge in [0.15, 0.2) is 11.6 Å². The van der Waals surface area contributed by atoms with E-state index in [4.69, 9.17) is 22.1 Å². The van der Waals surface area contributed by atoms with Gasteiger partial charge in [0.1, 0.15) is 11.8 Å². The summed E-state index contributed by atoms with van der Waals surface area (Å²) in [6, 6.07) is 25.3. The Morgan fingerprint density at radius 3 is 2.25 bits per heavy atom. The zero-order valence-corrected chi connectivity index (χ0v) is 20.5. The second kappa shape index (κ2) is 10.9. The van der Waals surface area contributed by atoms with E-state index in [1.807, 2.05) is 0 Å². The van der Waals surface area contributed by atoms with Crippen LogP contribution in [0.3, 0.4) is 0 Å². The van der Waals surface area contributed by atoms with Crippen LogP contribution < -0.4 is 10.5 Å². The van der Waals surface area contributed by atoms with E-state index in [9.17, 15) is 17.6 Å². The van der Waals surface area contributed by atoms with Gasteiger partial charge in [-0.15, -0.1) is 0 Å². The molecule has 0 aliphatic heterocycles. The summed E-state index contributed by atoms with van der Waals surface area (Å²) in [5, 5.41) is 0.369. The van der Waals surface area contributed by atoms with E-state index in [0.29, 0.717) is 21.9 Å². The third-order valence-electron chi connectivity index (χ3n) is 5.39. The van der Waals surface area contributed by atoms with Crippen molar-refractivity contribution in [1.82, 2.24) is 4.31 Å². The summed E-state index contributed by atoms with van der Waals surface area (Å²) in [5.41, 5.74) is 6.66. The number of nitrogens with two attached hydrogens (primary N) is 1. The molecule has 0 saturated carbocycles. The number of carbonyl (C=O) groups excluding carboxylic acids is 1. The van der Waals surface area contributed by atoms with Crippen LogP contribution in [0.15, 0.2) is 108 Å². The van der Waals surface area contributed by atoms with Crippen LogP contribution in [0.4, 0.5) is 4.39 Å². The molecule has 0 bridgehead atoms. The normalized spacial score (nSPS) is 12.3. The quantitative estimate of drug-likeness (QED) is 0.304. The molecule has 1 atom stereocenters. The van der Waals surface area contributed by atoms with Crippen LogP contribution >= 0.6 is 11.6 Å². The van der Waals surface area contributed by atoms with Crippen LogP contribution in [0.25, 0.3) is 0 Å². The van der Waals surface area contributed by atoms with Gasteiger partial charge >= 0.3 is 0 Å². The van der Waals surface area contributed by atoms with Crippen molar-refractivity contribution >= 4 is 27.5 Å². The lowest BCUT2D eigenvalue weighted by Crippen LogP contribution is -2.41. The molecule has 4 aromatic carbocycles. The number of ether oxygens (including phenoxy) is 1. The summed E-state index contributed by atoms with van der Waals surface area (Å²) in [6.07, 6.45) is 0. The van der Waals surface area contributed by atoms with Gasteiger partial charge in [-0.05, 0) is 59.7 Å². The molecule has 36 heavy (non-hydrogen) atoms. The standard InChI is InChI=1S/C27H22ClFN2O4S/c28-21-13-15-23(16-14-21)36(33,34)31(26(27(30)32)20-8-2-1-3-9-20)18-19-7-6-10-22(17-19)35-25-12-5-4-11-24(25)29/h1-17,26H,18H2,(H2,30,32)/t26-/m1/s1. The summed E-state index contributed by atoms with van der Waals surface area (Å²) < 4.78 is 48.3. The summed E-state index contributed by atoms with van der Waals surface area (Å²) in [6.45, 7) is -0.206. The number of hydrogen-bond donors (Lipinski definition) is 1. The number of hydrogen-bond acceptors (Lipinski definition) is 4. The van der Waals surface area contributed by atoms with Crippen LogP contribution in [0.1, 0.15) is 17.2 Å². The van der Waals surface area contributed by atoms with Gasteiger partial charge in [-0.25, -0.2) is 12.8 Å². The van der Waals surface area contributed by atoms with Gasteiger partial charge in [-0.3, -0.25) is 4.79 Å². The Labute approximate surface area is 213 Å². The van der Waals surface area contributed by atoms with Crippen molar-refractivity contribution < 1.29 is 22.3 Å². The van der Waals surface area contributed by atoms with E-state index in [2.05, 4.69) is 0 Å². The lowest BCUT2D eigenvalue weighted by atomic mass is 10.1. The number of nitrogens with zero attached hydrogens (tertiary/aromatic N) is 1. The van der Waals surface area contributed by atoms with Crippen molar-refractivity contribution in [3.05, 3.63) is 125 Å². The molecular weight excluding hydrogens is 503 g/mol. The van der Waals surface area contributed by atoms with Gasteiger partial charge in [0.05, 0.1) is 4.90 Å². The highest BCUT2D eigenvalue weighted by atomic mass is 35.5. The number of rotatable bonds is 9. The molecule has 0 aliphatic rings. The predicted molar refractivity (Wildman–Crippen MR) is 135 cm³/mol. The maximum absolute atomic E-state index is 14.1. The molecule has 6 nitrogen and oxygen atoms in total. The van der Waals surface area contributed by atoms with E-state index in [1.54, 1.807) is 66.7 Å². The summed E-state index contributed by atoms with van der Waals surface area (Å²) in [7, 11) is -4.21. The number of sulfonamides is 1. The molecule has 2 N–H and O–H groups in total. The Bertz CT molecular complexity index is 1460. The molecule has 184 valence electrons. The number of benzene rings is 4. The smallest absolute Gasteiger partial charge is 0.244 e. The largest absolute Gasteiger partial charge is 0.454 e. The SMILES string of the molecule is NC(=O)[C@@H](c1ccccc1)N(Cc1cccc(Oc2ccccc2F)c1)S(=O)(=O)c1ccc(Cl)cc1. The third kappa shape index (κ3) is 5.73. The molecule has 4 aromatic rings. The summed E-state index contributed by atoms with van der Waals surface area (Å²) >= 11 is 5.95. The number of amides is 1. The first kappa shape index (κ1) is 25.4. The average molecular weight is 525 g/mol.